The van der Waals surface area contributed by atoms with Crippen LogP contribution < -0.4 is 10.1 Å². The highest BCUT2D eigenvalue weighted by Gasteiger charge is 2.31. The van der Waals surface area contributed by atoms with Crippen molar-refractivity contribution in [2.24, 2.45) is 0 Å². The second kappa shape index (κ2) is 10.9. The number of carbonyl (C=O) groups is 2. The number of ether oxygens (including phenoxy) is 1. The Labute approximate surface area is 194 Å². The van der Waals surface area contributed by atoms with Crippen LogP contribution in [-0.4, -0.2) is 34.9 Å². The van der Waals surface area contributed by atoms with Gasteiger partial charge in [0.05, 0.1) is 0 Å². The van der Waals surface area contributed by atoms with Gasteiger partial charge in [0.2, 0.25) is 5.91 Å². The van der Waals surface area contributed by atoms with Crippen molar-refractivity contribution >= 4 is 35.0 Å². The monoisotopic (exact) mass is 464 g/mol. The Kier molecular flexibility index (Phi) is 8.78. The van der Waals surface area contributed by atoms with E-state index in [-0.39, 0.29) is 25.0 Å². The van der Waals surface area contributed by atoms with Gasteiger partial charge in [0, 0.05) is 22.1 Å². The molecule has 0 unspecified atom stereocenters. The molecule has 2 rings (SSSR count). The molecular formula is C24H30Cl2N2O3. The molecule has 1 atom stereocenters. The van der Waals surface area contributed by atoms with E-state index in [9.17, 15) is 9.59 Å². The lowest BCUT2D eigenvalue weighted by atomic mass is 10.1. The molecule has 0 heterocycles. The molecule has 0 aliphatic heterocycles. The predicted octanol–water partition coefficient (Wildman–Crippen LogP) is 5.40. The molecule has 0 aliphatic carbocycles. The summed E-state index contributed by atoms with van der Waals surface area (Å²) in [7, 11) is 0. The molecule has 31 heavy (non-hydrogen) atoms. The Morgan fingerprint density at radius 1 is 1.13 bits per heavy atom. The number of halogens is 2. The van der Waals surface area contributed by atoms with Crippen molar-refractivity contribution in [1.82, 2.24) is 10.2 Å². The van der Waals surface area contributed by atoms with E-state index in [0.29, 0.717) is 27.8 Å². The van der Waals surface area contributed by atoms with E-state index in [1.165, 1.54) is 4.90 Å². The molecule has 0 saturated heterocycles. The van der Waals surface area contributed by atoms with Gasteiger partial charge in [0.1, 0.15) is 11.8 Å². The Balaban J connectivity index is 2.29. The Morgan fingerprint density at radius 2 is 1.81 bits per heavy atom. The van der Waals surface area contributed by atoms with Gasteiger partial charge in [0.15, 0.2) is 6.61 Å². The first kappa shape index (κ1) is 25.0. The van der Waals surface area contributed by atoms with E-state index in [0.717, 1.165) is 5.56 Å². The number of rotatable bonds is 8. The van der Waals surface area contributed by atoms with Crippen LogP contribution in [-0.2, 0) is 16.1 Å². The van der Waals surface area contributed by atoms with E-state index in [4.69, 9.17) is 27.9 Å². The van der Waals surface area contributed by atoms with E-state index in [1.54, 1.807) is 18.2 Å². The maximum Gasteiger partial charge on any atom is 0.261 e. The lowest BCUT2D eigenvalue weighted by Gasteiger charge is -2.33. The third kappa shape index (κ3) is 7.44. The predicted molar refractivity (Wildman–Crippen MR) is 126 cm³/mol. The molecule has 0 aliphatic rings. The minimum atomic E-state index is -0.668. The summed E-state index contributed by atoms with van der Waals surface area (Å²) in [6, 6.07) is 11.9. The Hall–Kier alpha value is -2.24. The molecule has 7 heteroatoms. The van der Waals surface area contributed by atoms with Gasteiger partial charge in [-0.3, -0.25) is 9.59 Å². The first-order valence-corrected chi connectivity index (χ1v) is 11.0. The zero-order chi connectivity index (χ0) is 23.2. The van der Waals surface area contributed by atoms with Gasteiger partial charge in [-0.05, 0) is 63.4 Å². The molecule has 5 nitrogen and oxygen atoms in total. The summed E-state index contributed by atoms with van der Waals surface area (Å²) in [5.41, 5.74) is 1.21. The molecule has 1 N–H and O–H groups in total. The first-order chi connectivity index (χ1) is 14.5. The summed E-state index contributed by atoms with van der Waals surface area (Å²) in [5.74, 6) is 0.113. The number of carbonyl (C=O) groups excluding carboxylic acids is 2. The molecule has 2 aromatic carbocycles. The van der Waals surface area contributed by atoms with Crippen LogP contribution in [0.15, 0.2) is 42.5 Å². The van der Waals surface area contributed by atoms with Crippen LogP contribution in [0.25, 0.3) is 0 Å². The molecule has 168 valence electrons. The largest absolute Gasteiger partial charge is 0.484 e. The fourth-order valence-corrected chi connectivity index (χ4v) is 3.61. The van der Waals surface area contributed by atoms with Gasteiger partial charge in [-0.1, -0.05) is 54.4 Å². The molecule has 0 fully saturated rings. The maximum absolute atomic E-state index is 13.2. The van der Waals surface area contributed by atoms with Crippen molar-refractivity contribution in [3.05, 3.63) is 63.6 Å². The number of hydrogen-bond donors (Lipinski definition) is 1. The van der Waals surface area contributed by atoms with Crippen LogP contribution in [0, 0.1) is 6.92 Å². The molecule has 2 amide bonds. The number of hydrogen-bond acceptors (Lipinski definition) is 3. The van der Waals surface area contributed by atoms with Crippen LogP contribution in [0.1, 0.15) is 45.2 Å². The van der Waals surface area contributed by atoms with Gasteiger partial charge in [-0.2, -0.15) is 0 Å². The summed E-state index contributed by atoms with van der Waals surface area (Å²) in [6.45, 7) is 9.48. The minimum Gasteiger partial charge on any atom is -0.484 e. The van der Waals surface area contributed by atoms with Crippen LogP contribution >= 0.6 is 23.2 Å². The lowest BCUT2D eigenvalue weighted by molar-refractivity contribution is -0.143. The molecule has 0 spiro atoms. The maximum atomic E-state index is 13.2. The second-order valence-electron chi connectivity index (χ2n) is 8.47. The summed E-state index contributed by atoms with van der Waals surface area (Å²) >= 11 is 12.4. The molecule has 0 bridgehead atoms. The minimum absolute atomic E-state index is 0.169. The van der Waals surface area contributed by atoms with Gasteiger partial charge < -0.3 is 15.0 Å². The molecular weight excluding hydrogens is 435 g/mol. The quantitative estimate of drug-likeness (QED) is 0.568. The summed E-state index contributed by atoms with van der Waals surface area (Å²) in [6.07, 6.45) is 0.448. The van der Waals surface area contributed by atoms with Crippen molar-refractivity contribution in [1.29, 1.82) is 0 Å². The first-order valence-electron chi connectivity index (χ1n) is 10.3. The number of para-hydroxylation sites is 1. The summed E-state index contributed by atoms with van der Waals surface area (Å²) in [5, 5.41) is 3.92. The molecule has 0 saturated carbocycles. The highest BCUT2D eigenvalue weighted by molar-refractivity contribution is 6.35. The summed E-state index contributed by atoms with van der Waals surface area (Å²) < 4.78 is 5.76. The van der Waals surface area contributed by atoms with E-state index in [1.807, 2.05) is 58.9 Å². The number of nitrogens with zero attached hydrogens (tertiary/aromatic N) is 1. The average molecular weight is 465 g/mol. The van der Waals surface area contributed by atoms with Crippen molar-refractivity contribution in [3.63, 3.8) is 0 Å². The molecule has 0 radical (unpaired) electrons. The van der Waals surface area contributed by atoms with Gasteiger partial charge in [-0.15, -0.1) is 0 Å². The highest BCUT2D eigenvalue weighted by Crippen LogP contribution is 2.24. The van der Waals surface area contributed by atoms with Crippen LogP contribution in [0.5, 0.6) is 5.75 Å². The fourth-order valence-electron chi connectivity index (χ4n) is 3.15. The normalized spacial score (nSPS) is 12.2. The smallest absolute Gasteiger partial charge is 0.261 e. The summed E-state index contributed by atoms with van der Waals surface area (Å²) in [4.78, 5) is 27.7. The van der Waals surface area contributed by atoms with Gasteiger partial charge in [-0.25, -0.2) is 0 Å². The number of benzene rings is 2. The average Bonchev–Trinajstić information content (AvgIpc) is 2.67. The third-order valence-corrected chi connectivity index (χ3v) is 5.27. The zero-order valence-corrected chi connectivity index (χ0v) is 20.2. The van der Waals surface area contributed by atoms with E-state index >= 15 is 0 Å². The van der Waals surface area contributed by atoms with Crippen LogP contribution in [0.3, 0.4) is 0 Å². The lowest BCUT2D eigenvalue weighted by Crippen LogP contribution is -2.54. The topological polar surface area (TPSA) is 58.6 Å². The van der Waals surface area contributed by atoms with E-state index < -0.39 is 11.6 Å². The van der Waals surface area contributed by atoms with Gasteiger partial charge in [0.25, 0.3) is 5.91 Å². The van der Waals surface area contributed by atoms with E-state index in [2.05, 4.69) is 5.32 Å². The van der Waals surface area contributed by atoms with Crippen LogP contribution in [0.4, 0.5) is 0 Å². The molecule has 0 aromatic heterocycles. The van der Waals surface area contributed by atoms with Crippen LogP contribution in [0.2, 0.25) is 10.0 Å². The number of aryl methyl sites for hydroxylation is 1. The standard InChI is InChI=1S/C24H30Cl2N2O3/c1-6-20(23(30)27-24(3,4)5)28(14-17-11-12-18(25)13-19(17)26)22(29)15-31-21-10-8-7-9-16(21)2/h7-13,20H,6,14-15H2,1-5H3,(H,27,30)/t20-/m1/s1. The Bertz CT molecular complexity index is 925. The third-order valence-electron chi connectivity index (χ3n) is 4.68. The van der Waals surface area contributed by atoms with Crippen molar-refractivity contribution in [3.8, 4) is 5.75 Å². The SMILES string of the molecule is CC[C@H](C(=O)NC(C)(C)C)N(Cc1ccc(Cl)cc1Cl)C(=O)COc1ccccc1C. The fraction of sp³-hybridized carbons (Fsp3) is 0.417. The van der Waals surface area contributed by atoms with Crippen molar-refractivity contribution < 1.29 is 14.3 Å². The highest BCUT2D eigenvalue weighted by atomic mass is 35.5. The van der Waals surface area contributed by atoms with Gasteiger partial charge >= 0.3 is 0 Å². The Morgan fingerprint density at radius 3 is 2.39 bits per heavy atom. The van der Waals surface area contributed by atoms with Crippen molar-refractivity contribution in [2.45, 2.75) is 59.2 Å². The number of nitrogens with one attached hydrogen (secondary N) is 1. The zero-order valence-electron chi connectivity index (χ0n) is 18.7. The number of amides is 2. The van der Waals surface area contributed by atoms with Crippen molar-refractivity contribution in [2.75, 3.05) is 6.61 Å². The molecule has 2 aromatic rings. The second-order valence-corrected chi connectivity index (χ2v) is 9.32.